The first kappa shape index (κ1) is 24.8. The van der Waals surface area contributed by atoms with E-state index in [4.69, 9.17) is 10.5 Å². The van der Waals surface area contributed by atoms with Gasteiger partial charge in [-0.3, -0.25) is 4.79 Å². The van der Waals surface area contributed by atoms with Crippen molar-refractivity contribution in [1.82, 2.24) is 14.9 Å². The molecule has 0 radical (unpaired) electrons. The van der Waals surface area contributed by atoms with Crippen LogP contribution in [-0.2, 0) is 6.54 Å². The predicted molar refractivity (Wildman–Crippen MR) is 134 cm³/mol. The van der Waals surface area contributed by atoms with Gasteiger partial charge in [-0.25, -0.2) is 9.78 Å². The van der Waals surface area contributed by atoms with Crippen molar-refractivity contribution in [3.8, 4) is 17.0 Å². The molecule has 0 fully saturated rings. The third-order valence-corrected chi connectivity index (χ3v) is 5.42. The number of benzene rings is 2. The van der Waals surface area contributed by atoms with Gasteiger partial charge in [-0.15, -0.1) is 0 Å². The van der Waals surface area contributed by atoms with Gasteiger partial charge in [-0.05, 0) is 31.9 Å². The average Bonchev–Trinajstić information content (AvgIpc) is 3.17. The smallest absolute Gasteiger partial charge is 0.319 e. The summed E-state index contributed by atoms with van der Waals surface area (Å²) in [4.78, 5) is 28.6. The topological polar surface area (TPSA) is 111 Å². The first-order chi connectivity index (χ1) is 16.5. The van der Waals surface area contributed by atoms with Gasteiger partial charge in [0.15, 0.2) is 5.69 Å². The number of aryl methyl sites for hydroxylation is 1. The van der Waals surface area contributed by atoms with Crippen molar-refractivity contribution in [3.05, 3.63) is 66.1 Å². The van der Waals surface area contributed by atoms with E-state index in [0.717, 1.165) is 30.7 Å². The normalized spacial score (nSPS) is 10.6. The average molecular weight is 464 g/mol. The molecule has 34 heavy (non-hydrogen) atoms. The summed E-state index contributed by atoms with van der Waals surface area (Å²) >= 11 is 0. The molecule has 0 unspecified atom stereocenters. The van der Waals surface area contributed by atoms with E-state index in [-0.39, 0.29) is 11.7 Å². The Morgan fingerprint density at radius 1 is 1.03 bits per heavy atom. The Morgan fingerprint density at radius 2 is 1.76 bits per heavy atom. The number of imidazole rings is 1. The van der Waals surface area contributed by atoms with E-state index in [1.165, 1.54) is 0 Å². The third kappa shape index (κ3) is 6.60. The van der Waals surface area contributed by atoms with Gasteiger partial charge in [0.05, 0.1) is 18.0 Å². The number of rotatable bonds is 12. The highest BCUT2D eigenvalue weighted by molar-refractivity contribution is 5.97. The molecule has 0 atom stereocenters. The number of urea groups is 1. The van der Waals surface area contributed by atoms with Gasteiger partial charge in [0, 0.05) is 18.7 Å². The molecule has 3 rings (SSSR count). The minimum Gasteiger partial charge on any atom is -0.491 e. The number of nitrogens with two attached hydrogens (primary N) is 1. The Kier molecular flexibility index (Phi) is 9.08. The van der Waals surface area contributed by atoms with Crippen molar-refractivity contribution in [3.63, 3.8) is 0 Å². The molecule has 0 bridgehead atoms. The van der Waals surface area contributed by atoms with Crippen LogP contribution in [0.5, 0.6) is 5.75 Å². The molecule has 3 amide bonds. The summed E-state index contributed by atoms with van der Waals surface area (Å²) < 4.78 is 7.97. The molecule has 180 valence electrons. The van der Waals surface area contributed by atoms with Gasteiger partial charge < -0.3 is 25.7 Å². The molecular formula is C26H33N5O3. The van der Waals surface area contributed by atoms with E-state index in [0.29, 0.717) is 43.2 Å². The lowest BCUT2D eigenvalue weighted by Gasteiger charge is -2.14. The van der Waals surface area contributed by atoms with Crippen LogP contribution in [-0.4, -0.2) is 34.6 Å². The van der Waals surface area contributed by atoms with Crippen LogP contribution >= 0.6 is 0 Å². The van der Waals surface area contributed by atoms with Crippen molar-refractivity contribution in [2.75, 3.05) is 18.5 Å². The second kappa shape index (κ2) is 12.4. The first-order valence-corrected chi connectivity index (χ1v) is 11.7. The number of para-hydroxylation sites is 2. The van der Waals surface area contributed by atoms with E-state index in [1.54, 1.807) is 0 Å². The van der Waals surface area contributed by atoms with Crippen molar-refractivity contribution in [1.29, 1.82) is 0 Å². The molecule has 0 aliphatic heterocycles. The first-order valence-electron chi connectivity index (χ1n) is 11.7. The number of primary amides is 1. The minimum atomic E-state index is -0.551. The molecule has 2 aromatic carbocycles. The van der Waals surface area contributed by atoms with Crippen LogP contribution in [0.3, 0.4) is 0 Å². The molecule has 0 aliphatic carbocycles. The van der Waals surface area contributed by atoms with Gasteiger partial charge in [0.25, 0.3) is 5.91 Å². The van der Waals surface area contributed by atoms with Crippen LogP contribution in [0.1, 0.15) is 48.9 Å². The SMILES string of the molecule is CCCCCNC(=O)Nc1ccccc1OCCCn1c(C)nc(C(N)=O)c1-c1ccccc1. The zero-order valence-corrected chi connectivity index (χ0v) is 19.8. The lowest BCUT2D eigenvalue weighted by Crippen LogP contribution is -2.29. The van der Waals surface area contributed by atoms with Crippen molar-refractivity contribution in [2.45, 2.75) is 46.1 Å². The zero-order chi connectivity index (χ0) is 24.3. The molecule has 0 aliphatic rings. The van der Waals surface area contributed by atoms with Gasteiger partial charge >= 0.3 is 6.03 Å². The Bertz CT molecular complexity index is 1100. The number of aromatic nitrogens is 2. The Balaban J connectivity index is 1.62. The van der Waals surface area contributed by atoms with Crippen LogP contribution in [0.15, 0.2) is 54.6 Å². The fourth-order valence-electron chi connectivity index (χ4n) is 3.74. The fraction of sp³-hybridized carbons (Fsp3) is 0.346. The van der Waals surface area contributed by atoms with E-state index >= 15 is 0 Å². The second-order valence-electron chi connectivity index (χ2n) is 8.02. The number of hydrogen-bond acceptors (Lipinski definition) is 4. The highest BCUT2D eigenvalue weighted by atomic mass is 16.5. The highest BCUT2D eigenvalue weighted by Gasteiger charge is 2.20. The van der Waals surface area contributed by atoms with Gasteiger partial charge in [0.1, 0.15) is 11.6 Å². The monoisotopic (exact) mass is 463 g/mol. The number of unbranched alkanes of at least 4 members (excludes halogenated alkanes) is 2. The van der Waals surface area contributed by atoms with Crippen molar-refractivity contribution in [2.24, 2.45) is 5.73 Å². The Morgan fingerprint density at radius 3 is 2.50 bits per heavy atom. The lowest BCUT2D eigenvalue weighted by atomic mass is 10.1. The summed E-state index contributed by atoms with van der Waals surface area (Å²) in [6.07, 6.45) is 3.82. The number of anilines is 1. The summed E-state index contributed by atoms with van der Waals surface area (Å²) in [7, 11) is 0. The van der Waals surface area contributed by atoms with E-state index in [2.05, 4.69) is 22.5 Å². The van der Waals surface area contributed by atoms with Gasteiger partial charge in [-0.1, -0.05) is 62.2 Å². The maximum atomic E-state index is 12.2. The molecule has 8 nitrogen and oxygen atoms in total. The summed E-state index contributed by atoms with van der Waals surface area (Å²) in [5.41, 5.74) is 8.08. The Labute approximate surface area is 200 Å². The molecular weight excluding hydrogens is 430 g/mol. The number of carbonyl (C=O) groups excluding carboxylic acids is 2. The molecule has 8 heteroatoms. The molecule has 3 aromatic rings. The van der Waals surface area contributed by atoms with Crippen molar-refractivity contribution < 1.29 is 14.3 Å². The van der Waals surface area contributed by atoms with E-state index in [1.807, 2.05) is 66.1 Å². The summed E-state index contributed by atoms with van der Waals surface area (Å²) in [6.45, 7) is 5.65. The molecule has 0 spiro atoms. The number of amides is 3. The minimum absolute atomic E-state index is 0.243. The highest BCUT2D eigenvalue weighted by Crippen LogP contribution is 2.26. The molecule has 0 saturated heterocycles. The maximum absolute atomic E-state index is 12.2. The number of nitrogens with zero attached hydrogens (tertiary/aromatic N) is 2. The summed E-state index contributed by atoms with van der Waals surface area (Å²) in [5, 5.41) is 5.73. The largest absolute Gasteiger partial charge is 0.491 e. The number of ether oxygens (including phenoxy) is 1. The molecule has 1 heterocycles. The number of carbonyl (C=O) groups is 2. The third-order valence-electron chi connectivity index (χ3n) is 5.42. The summed E-state index contributed by atoms with van der Waals surface area (Å²) in [5.74, 6) is 0.772. The number of nitrogens with one attached hydrogen (secondary N) is 2. The zero-order valence-electron chi connectivity index (χ0n) is 19.8. The van der Waals surface area contributed by atoms with Crippen LogP contribution in [0.4, 0.5) is 10.5 Å². The molecule has 1 aromatic heterocycles. The van der Waals surface area contributed by atoms with Crippen molar-refractivity contribution >= 4 is 17.6 Å². The summed E-state index contributed by atoms with van der Waals surface area (Å²) in [6, 6.07) is 16.7. The standard InChI is InChI=1S/C26H33N5O3/c1-3-4-10-16-28-26(33)30-21-14-8-9-15-22(21)34-18-11-17-31-19(2)29-23(25(27)32)24(31)20-12-6-5-7-13-20/h5-9,12-15H,3-4,10-11,16-18H2,1-2H3,(H2,27,32)(H2,28,30,33). The lowest BCUT2D eigenvalue weighted by molar-refractivity contribution is 0.0996. The van der Waals surface area contributed by atoms with E-state index in [9.17, 15) is 9.59 Å². The maximum Gasteiger partial charge on any atom is 0.319 e. The quantitative estimate of drug-likeness (QED) is 0.337. The van der Waals surface area contributed by atoms with Gasteiger partial charge in [0.2, 0.25) is 0 Å². The van der Waals surface area contributed by atoms with E-state index < -0.39 is 5.91 Å². The fourth-order valence-corrected chi connectivity index (χ4v) is 3.74. The number of hydrogen-bond donors (Lipinski definition) is 3. The second-order valence-corrected chi connectivity index (χ2v) is 8.02. The predicted octanol–water partition coefficient (Wildman–Crippen LogP) is 4.74. The van der Waals surface area contributed by atoms with Crippen LogP contribution in [0.2, 0.25) is 0 Å². The van der Waals surface area contributed by atoms with Crippen LogP contribution < -0.4 is 21.1 Å². The Hall–Kier alpha value is -3.81. The van der Waals surface area contributed by atoms with Crippen LogP contribution in [0.25, 0.3) is 11.3 Å². The molecule has 4 N–H and O–H groups in total. The van der Waals surface area contributed by atoms with Crippen LogP contribution in [0, 0.1) is 6.92 Å². The molecule has 0 saturated carbocycles. The van der Waals surface area contributed by atoms with Gasteiger partial charge in [-0.2, -0.15) is 0 Å².